The average Bonchev–Trinajstić information content (AvgIpc) is 2.70. The summed E-state index contributed by atoms with van der Waals surface area (Å²) in [4.78, 5) is 22.9. The highest BCUT2D eigenvalue weighted by Gasteiger charge is 2.18. The van der Waals surface area contributed by atoms with Gasteiger partial charge in [0.05, 0.1) is 6.04 Å². The molecule has 0 saturated carbocycles. The van der Waals surface area contributed by atoms with Crippen molar-refractivity contribution in [3.63, 3.8) is 0 Å². The summed E-state index contributed by atoms with van der Waals surface area (Å²) in [5.74, 6) is 0.0572. The fourth-order valence-corrected chi connectivity index (χ4v) is 2.71. The molecular weight excluding hydrogens is 266 g/mol. The van der Waals surface area contributed by atoms with Gasteiger partial charge < -0.3 is 11.1 Å². The van der Waals surface area contributed by atoms with E-state index in [0.29, 0.717) is 10.9 Å². The smallest absolute Gasteiger partial charge is 0.344 e. The molecule has 0 saturated heterocycles. The number of hydrogen-bond donors (Lipinski definition) is 3. The van der Waals surface area contributed by atoms with Crippen molar-refractivity contribution >= 4 is 17.7 Å². The first-order valence-corrected chi connectivity index (χ1v) is 7.28. The summed E-state index contributed by atoms with van der Waals surface area (Å²) in [5.41, 5.74) is 5.09. The predicted molar refractivity (Wildman–Crippen MR) is 75.2 cm³/mol. The maximum Gasteiger partial charge on any atom is 0.344 e. The van der Waals surface area contributed by atoms with E-state index in [9.17, 15) is 9.59 Å². The maximum atomic E-state index is 11.6. The van der Waals surface area contributed by atoms with Crippen molar-refractivity contribution in [2.24, 2.45) is 5.73 Å². The quantitative estimate of drug-likeness (QED) is 0.588. The normalized spacial score (nSPS) is 12.8. The number of carbonyl (C=O) groups excluding carboxylic acids is 1. The number of amides is 1. The number of rotatable bonds is 8. The van der Waals surface area contributed by atoms with E-state index in [-0.39, 0.29) is 11.7 Å². The third-order valence-corrected chi connectivity index (χ3v) is 3.60. The summed E-state index contributed by atoms with van der Waals surface area (Å²) < 4.78 is 1.56. The zero-order valence-electron chi connectivity index (χ0n) is 11.5. The van der Waals surface area contributed by atoms with Gasteiger partial charge in [-0.25, -0.2) is 9.89 Å². The van der Waals surface area contributed by atoms with E-state index in [1.165, 1.54) is 11.8 Å². The number of primary amides is 1. The van der Waals surface area contributed by atoms with E-state index < -0.39 is 11.9 Å². The zero-order chi connectivity index (χ0) is 14.4. The maximum absolute atomic E-state index is 11.6. The lowest BCUT2D eigenvalue weighted by Crippen LogP contribution is -2.43. The van der Waals surface area contributed by atoms with Crippen LogP contribution in [0.4, 0.5) is 0 Å². The summed E-state index contributed by atoms with van der Waals surface area (Å²) >= 11 is 1.34. The van der Waals surface area contributed by atoms with Crippen LogP contribution in [0, 0.1) is 0 Å². The SMILES string of the molecule is CCCNC(CSc1n[nH]c(=O)n1C(C)C)C(N)=O. The van der Waals surface area contributed by atoms with Crippen LogP contribution in [0.2, 0.25) is 0 Å². The van der Waals surface area contributed by atoms with Gasteiger partial charge >= 0.3 is 5.69 Å². The molecule has 1 aromatic heterocycles. The number of nitrogens with two attached hydrogens (primary N) is 1. The highest BCUT2D eigenvalue weighted by molar-refractivity contribution is 7.99. The van der Waals surface area contributed by atoms with Gasteiger partial charge in [0.2, 0.25) is 5.91 Å². The molecule has 1 rings (SSSR count). The average molecular weight is 287 g/mol. The number of hydrogen-bond acceptors (Lipinski definition) is 5. The Morgan fingerprint density at radius 3 is 2.79 bits per heavy atom. The van der Waals surface area contributed by atoms with E-state index in [0.717, 1.165) is 13.0 Å². The summed E-state index contributed by atoms with van der Waals surface area (Å²) in [6.45, 7) is 6.55. The number of nitrogens with one attached hydrogen (secondary N) is 2. The number of aromatic nitrogens is 3. The third-order valence-electron chi connectivity index (χ3n) is 2.55. The van der Waals surface area contributed by atoms with Crippen LogP contribution in [0.5, 0.6) is 0 Å². The number of H-pyrrole nitrogens is 1. The number of thioether (sulfide) groups is 1. The standard InChI is InChI=1S/C11H21N5O2S/c1-4-5-13-8(9(12)17)6-19-11-15-14-10(18)16(11)7(2)3/h7-8,13H,4-6H2,1-3H3,(H2,12,17)(H,14,18). The molecule has 0 aliphatic rings. The molecule has 1 unspecified atom stereocenters. The van der Waals surface area contributed by atoms with Gasteiger partial charge in [0, 0.05) is 11.8 Å². The van der Waals surface area contributed by atoms with Gasteiger partial charge in [0.1, 0.15) is 0 Å². The van der Waals surface area contributed by atoms with Gasteiger partial charge in [-0.1, -0.05) is 18.7 Å². The molecule has 19 heavy (non-hydrogen) atoms. The van der Waals surface area contributed by atoms with Crippen molar-refractivity contribution in [3.05, 3.63) is 10.5 Å². The summed E-state index contributed by atoms with van der Waals surface area (Å²) in [7, 11) is 0. The van der Waals surface area contributed by atoms with Gasteiger partial charge in [-0.2, -0.15) is 0 Å². The molecule has 0 spiro atoms. The van der Waals surface area contributed by atoms with Gasteiger partial charge in [-0.3, -0.25) is 9.36 Å². The Labute approximate surface area is 116 Å². The van der Waals surface area contributed by atoms with Crippen molar-refractivity contribution in [1.29, 1.82) is 0 Å². The lowest BCUT2D eigenvalue weighted by molar-refractivity contribution is -0.119. The van der Waals surface area contributed by atoms with Crippen LogP contribution in [0.15, 0.2) is 9.95 Å². The molecule has 0 aliphatic heterocycles. The molecule has 0 fully saturated rings. The molecule has 0 aromatic carbocycles. The van der Waals surface area contributed by atoms with Crippen LogP contribution < -0.4 is 16.7 Å². The molecule has 1 atom stereocenters. The highest BCUT2D eigenvalue weighted by Crippen LogP contribution is 2.17. The van der Waals surface area contributed by atoms with Gasteiger partial charge in [-0.15, -0.1) is 5.10 Å². The van der Waals surface area contributed by atoms with Crippen molar-refractivity contribution in [2.75, 3.05) is 12.3 Å². The first-order valence-electron chi connectivity index (χ1n) is 6.29. The largest absolute Gasteiger partial charge is 0.368 e. The minimum absolute atomic E-state index is 0.0179. The van der Waals surface area contributed by atoms with E-state index in [1.54, 1.807) is 4.57 Å². The lowest BCUT2D eigenvalue weighted by atomic mass is 10.3. The molecule has 108 valence electrons. The van der Waals surface area contributed by atoms with Crippen molar-refractivity contribution in [3.8, 4) is 0 Å². The second kappa shape index (κ2) is 7.34. The Morgan fingerprint density at radius 2 is 2.26 bits per heavy atom. The molecule has 1 heterocycles. The number of aromatic amines is 1. The van der Waals surface area contributed by atoms with Crippen molar-refractivity contribution in [2.45, 2.75) is 44.4 Å². The second-order valence-corrected chi connectivity index (χ2v) is 5.48. The molecule has 1 aromatic rings. The van der Waals surface area contributed by atoms with Gasteiger partial charge in [0.15, 0.2) is 5.16 Å². The van der Waals surface area contributed by atoms with E-state index in [1.807, 2.05) is 20.8 Å². The monoisotopic (exact) mass is 287 g/mol. The van der Waals surface area contributed by atoms with Crippen LogP contribution in [-0.4, -0.2) is 39.0 Å². The van der Waals surface area contributed by atoms with Crippen LogP contribution in [0.25, 0.3) is 0 Å². The van der Waals surface area contributed by atoms with Crippen LogP contribution in [0.1, 0.15) is 33.2 Å². The molecule has 7 nitrogen and oxygen atoms in total. The zero-order valence-corrected chi connectivity index (χ0v) is 12.3. The first kappa shape index (κ1) is 15.8. The molecule has 8 heteroatoms. The summed E-state index contributed by atoms with van der Waals surface area (Å²) in [5, 5.41) is 10.0. The van der Waals surface area contributed by atoms with Crippen LogP contribution in [-0.2, 0) is 4.79 Å². The summed E-state index contributed by atoms with van der Waals surface area (Å²) in [6.07, 6.45) is 0.924. The van der Waals surface area contributed by atoms with E-state index in [4.69, 9.17) is 5.73 Å². The Hall–Kier alpha value is -1.28. The van der Waals surface area contributed by atoms with Gasteiger partial charge in [0.25, 0.3) is 0 Å². The van der Waals surface area contributed by atoms with Crippen LogP contribution >= 0.6 is 11.8 Å². The lowest BCUT2D eigenvalue weighted by Gasteiger charge is -2.15. The van der Waals surface area contributed by atoms with Crippen molar-refractivity contribution < 1.29 is 4.79 Å². The highest BCUT2D eigenvalue weighted by atomic mass is 32.2. The molecule has 4 N–H and O–H groups in total. The molecule has 0 bridgehead atoms. The topological polar surface area (TPSA) is 106 Å². The minimum Gasteiger partial charge on any atom is -0.368 e. The molecule has 0 aliphatic carbocycles. The molecule has 0 radical (unpaired) electrons. The van der Waals surface area contributed by atoms with E-state index >= 15 is 0 Å². The Kier molecular flexibility index (Phi) is 6.10. The fourth-order valence-electron chi connectivity index (χ4n) is 1.57. The van der Waals surface area contributed by atoms with Gasteiger partial charge in [-0.05, 0) is 26.8 Å². The fraction of sp³-hybridized carbons (Fsp3) is 0.727. The Bertz CT molecular complexity index is 468. The molecule has 1 amide bonds. The number of carbonyl (C=O) groups is 1. The summed E-state index contributed by atoms with van der Waals surface area (Å²) in [6, 6.07) is -0.401. The third kappa shape index (κ3) is 4.39. The Morgan fingerprint density at radius 1 is 1.58 bits per heavy atom. The van der Waals surface area contributed by atoms with Crippen LogP contribution in [0.3, 0.4) is 0 Å². The minimum atomic E-state index is -0.419. The number of nitrogens with zero attached hydrogens (tertiary/aromatic N) is 2. The van der Waals surface area contributed by atoms with E-state index in [2.05, 4.69) is 15.5 Å². The Balaban J connectivity index is 2.69. The van der Waals surface area contributed by atoms with Crippen molar-refractivity contribution in [1.82, 2.24) is 20.1 Å². The predicted octanol–water partition coefficient (Wildman–Crippen LogP) is 0.0979. The first-order chi connectivity index (χ1) is 8.97. The second-order valence-electron chi connectivity index (χ2n) is 4.50. The molecular formula is C11H21N5O2S.